The first kappa shape index (κ1) is 26.7. The zero-order valence-corrected chi connectivity index (χ0v) is 23.4. The van der Waals surface area contributed by atoms with Crippen molar-refractivity contribution in [2.75, 3.05) is 21.2 Å². The van der Waals surface area contributed by atoms with E-state index in [0.29, 0.717) is 22.0 Å². The number of fused-ring (bicyclic) bond motifs is 1. The number of urea groups is 1. The maximum Gasteiger partial charge on any atom is 0.343 e. The van der Waals surface area contributed by atoms with Crippen LogP contribution in [0.25, 0.3) is 6.08 Å². The predicted octanol–water partition coefficient (Wildman–Crippen LogP) is 7.43. The van der Waals surface area contributed by atoms with Crippen LogP contribution in [0.15, 0.2) is 78.4 Å². The lowest BCUT2D eigenvalue weighted by Crippen LogP contribution is -2.57. The average molecular weight is 542 g/mol. The number of nitrogens with zero attached hydrogens (tertiary/aromatic N) is 3. The zero-order valence-electron chi connectivity index (χ0n) is 22.6. The van der Waals surface area contributed by atoms with Crippen molar-refractivity contribution in [1.82, 2.24) is 0 Å². The molecule has 6 nitrogen and oxygen atoms in total. The summed E-state index contributed by atoms with van der Waals surface area (Å²) in [4.78, 5) is 45.5. The number of benzene rings is 3. The first-order valence-electron chi connectivity index (χ1n) is 13.3. The van der Waals surface area contributed by atoms with Gasteiger partial charge in [0.15, 0.2) is 0 Å². The zero-order chi connectivity index (χ0) is 27.9. The molecule has 1 fully saturated rings. The minimum Gasteiger partial charge on any atom is -0.366 e. The standard InChI is InChI=1S/C32H32ClN3O3/c1-5-16-34-28-19-27(33)22(17-25(28)21(2)20-32(34,3)4)18-26-29(37)35(23-12-8-6-9-13-23)31(39)36(30(26)38)24-14-10-7-11-15-24/h6-15,17-19,21H,5,16,20H2,1-4H3. The second kappa shape index (κ2) is 10.3. The van der Waals surface area contributed by atoms with E-state index in [1.165, 1.54) is 6.08 Å². The van der Waals surface area contributed by atoms with Gasteiger partial charge < -0.3 is 4.90 Å². The number of hydrogen-bond acceptors (Lipinski definition) is 4. The Bertz CT molecular complexity index is 1400. The molecule has 2 aliphatic rings. The molecule has 200 valence electrons. The lowest BCUT2D eigenvalue weighted by Gasteiger charge is -2.47. The van der Waals surface area contributed by atoms with E-state index in [9.17, 15) is 14.4 Å². The molecule has 4 amide bonds. The number of hydrogen-bond donors (Lipinski definition) is 0. The maximum absolute atomic E-state index is 13.8. The van der Waals surface area contributed by atoms with E-state index in [1.54, 1.807) is 60.7 Å². The predicted molar refractivity (Wildman–Crippen MR) is 157 cm³/mol. The third kappa shape index (κ3) is 4.74. The first-order chi connectivity index (χ1) is 18.6. The number of amides is 4. The number of halogens is 1. The molecule has 39 heavy (non-hydrogen) atoms. The van der Waals surface area contributed by atoms with Crippen LogP contribution in [0.5, 0.6) is 0 Å². The lowest BCUT2D eigenvalue weighted by atomic mass is 9.79. The van der Waals surface area contributed by atoms with Gasteiger partial charge >= 0.3 is 6.03 Å². The third-order valence-corrected chi connectivity index (χ3v) is 7.86. The Morgan fingerprint density at radius 3 is 1.95 bits per heavy atom. The van der Waals surface area contributed by atoms with Gasteiger partial charge in [-0.1, -0.05) is 61.8 Å². The Morgan fingerprint density at radius 1 is 0.897 bits per heavy atom. The molecule has 0 aliphatic carbocycles. The molecule has 7 heteroatoms. The van der Waals surface area contributed by atoms with Gasteiger partial charge in [0.1, 0.15) is 5.57 Å². The summed E-state index contributed by atoms with van der Waals surface area (Å²) in [5, 5.41) is 0.447. The van der Waals surface area contributed by atoms with Crippen LogP contribution in [0.2, 0.25) is 5.02 Å². The molecule has 0 spiro atoms. The van der Waals surface area contributed by atoms with Crippen molar-refractivity contribution in [2.24, 2.45) is 0 Å². The first-order valence-corrected chi connectivity index (χ1v) is 13.7. The number of barbiturate groups is 1. The molecule has 1 atom stereocenters. The fourth-order valence-corrected chi connectivity index (χ4v) is 5.99. The van der Waals surface area contributed by atoms with Crippen molar-refractivity contribution in [2.45, 2.75) is 52.0 Å². The fourth-order valence-electron chi connectivity index (χ4n) is 5.77. The molecule has 3 aromatic carbocycles. The normalized spacial score (nSPS) is 18.9. The summed E-state index contributed by atoms with van der Waals surface area (Å²) >= 11 is 6.83. The summed E-state index contributed by atoms with van der Waals surface area (Å²) in [7, 11) is 0. The molecule has 1 saturated heterocycles. The molecule has 0 saturated carbocycles. The molecule has 0 bridgehead atoms. The monoisotopic (exact) mass is 541 g/mol. The number of anilines is 3. The molecular formula is C32H32ClN3O3. The molecule has 0 aromatic heterocycles. The Morgan fingerprint density at radius 2 is 1.44 bits per heavy atom. The Balaban J connectivity index is 1.65. The second-order valence-corrected chi connectivity index (χ2v) is 11.2. The maximum atomic E-state index is 13.8. The van der Waals surface area contributed by atoms with E-state index in [0.717, 1.165) is 40.4 Å². The van der Waals surface area contributed by atoms with Gasteiger partial charge in [0.05, 0.1) is 11.4 Å². The highest BCUT2D eigenvalue weighted by Gasteiger charge is 2.44. The van der Waals surface area contributed by atoms with Gasteiger partial charge in [0.25, 0.3) is 11.8 Å². The van der Waals surface area contributed by atoms with Crippen molar-refractivity contribution in [1.29, 1.82) is 0 Å². The van der Waals surface area contributed by atoms with Crippen LogP contribution in [-0.4, -0.2) is 29.9 Å². The molecule has 3 aromatic rings. The van der Waals surface area contributed by atoms with Crippen LogP contribution in [-0.2, 0) is 9.59 Å². The van der Waals surface area contributed by atoms with Crippen molar-refractivity contribution >= 4 is 52.6 Å². The van der Waals surface area contributed by atoms with Gasteiger partial charge in [-0.05, 0) is 86.2 Å². The Kier molecular flexibility index (Phi) is 7.08. The molecule has 5 rings (SSSR count). The van der Waals surface area contributed by atoms with Gasteiger partial charge in [-0.25, -0.2) is 14.6 Å². The summed E-state index contributed by atoms with van der Waals surface area (Å²) in [6.07, 6.45) is 3.50. The molecule has 0 N–H and O–H groups in total. The van der Waals surface area contributed by atoms with Gasteiger partial charge in [-0.3, -0.25) is 9.59 Å². The van der Waals surface area contributed by atoms with Crippen molar-refractivity contribution in [3.63, 3.8) is 0 Å². The van der Waals surface area contributed by atoms with E-state index in [1.807, 2.05) is 12.1 Å². The SMILES string of the molecule is CCCN1c2cc(Cl)c(C=C3C(=O)N(c4ccccc4)C(=O)N(c4ccccc4)C3=O)cc2C(C)CC1(C)C. The van der Waals surface area contributed by atoms with Crippen LogP contribution in [0.4, 0.5) is 21.9 Å². The second-order valence-electron chi connectivity index (χ2n) is 10.8. The van der Waals surface area contributed by atoms with Gasteiger partial charge in [0, 0.05) is 22.8 Å². The molecule has 1 unspecified atom stereocenters. The molecule has 2 heterocycles. The van der Waals surface area contributed by atoms with E-state index >= 15 is 0 Å². The Hall–Kier alpha value is -3.90. The highest BCUT2D eigenvalue weighted by molar-refractivity contribution is 6.46. The Labute approximate surface area is 234 Å². The quantitative estimate of drug-likeness (QED) is 0.249. The lowest BCUT2D eigenvalue weighted by molar-refractivity contribution is -0.121. The van der Waals surface area contributed by atoms with Crippen LogP contribution < -0.4 is 14.7 Å². The minimum absolute atomic E-state index is 0.0201. The summed E-state index contributed by atoms with van der Waals surface area (Å²) in [5.74, 6) is -1.10. The van der Waals surface area contributed by atoms with Crippen LogP contribution in [0, 0.1) is 0 Å². The summed E-state index contributed by atoms with van der Waals surface area (Å²) < 4.78 is 0. The van der Waals surface area contributed by atoms with E-state index in [-0.39, 0.29) is 17.0 Å². The molecule has 2 aliphatic heterocycles. The van der Waals surface area contributed by atoms with Crippen molar-refractivity contribution < 1.29 is 14.4 Å². The topological polar surface area (TPSA) is 60.9 Å². The van der Waals surface area contributed by atoms with Crippen molar-refractivity contribution in [3.05, 3.63) is 94.5 Å². The highest BCUT2D eigenvalue weighted by atomic mass is 35.5. The van der Waals surface area contributed by atoms with Gasteiger partial charge in [-0.15, -0.1) is 0 Å². The third-order valence-electron chi connectivity index (χ3n) is 7.53. The summed E-state index contributed by atoms with van der Waals surface area (Å²) in [6, 6.07) is 20.5. The molecule has 0 radical (unpaired) electrons. The number of carbonyl (C=O) groups excluding carboxylic acids is 3. The van der Waals surface area contributed by atoms with E-state index < -0.39 is 17.8 Å². The van der Waals surface area contributed by atoms with Gasteiger partial charge in [-0.2, -0.15) is 0 Å². The van der Waals surface area contributed by atoms with Crippen LogP contribution >= 0.6 is 11.6 Å². The number of para-hydroxylation sites is 2. The fraction of sp³-hybridized carbons (Fsp3) is 0.281. The minimum atomic E-state index is -0.720. The number of carbonyl (C=O) groups is 3. The van der Waals surface area contributed by atoms with Crippen molar-refractivity contribution in [3.8, 4) is 0 Å². The van der Waals surface area contributed by atoms with Crippen LogP contribution in [0.1, 0.15) is 57.6 Å². The summed E-state index contributed by atoms with van der Waals surface area (Å²) in [5.41, 5.74) is 3.41. The largest absolute Gasteiger partial charge is 0.366 e. The number of rotatable bonds is 5. The van der Waals surface area contributed by atoms with Crippen LogP contribution in [0.3, 0.4) is 0 Å². The smallest absolute Gasteiger partial charge is 0.343 e. The molecular weight excluding hydrogens is 510 g/mol. The average Bonchev–Trinajstić information content (AvgIpc) is 2.90. The highest BCUT2D eigenvalue weighted by Crippen LogP contribution is 2.45. The van der Waals surface area contributed by atoms with E-state index in [4.69, 9.17) is 11.6 Å². The van der Waals surface area contributed by atoms with E-state index in [2.05, 4.69) is 32.6 Å². The number of imide groups is 2. The van der Waals surface area contributed by atoms with Gasteiger partial charge in [0.2, 0.25) is 0 Å². The summed E-state index contributed by atoms with van der Waals surface area (Å²) in [6.45, 7) is 9.75.